The van der Waals surface area contributed by atoms with Crippen molar-refractivity contribution in [3.05, 3.63) is 24.3 Å². The van der Waals surface area contributed by atoms with Crippen molar-refractivity contribution < 1.29 is 19.1 Å². The van der Waals surface area contributed by atoms with Crippen LogP contribution < -0.4 is 0 Å². The molecule has 0 amide bonds. The molecule has 0 spiro atoms. The van der Waals surface area contributed by atoms with Crippen LogP contribution >= 0.6 is 0 Å². The first-order valence-corrected chi connectivity index (χ1v) is 8.17. The van der Waals surface area contributed by atoms with Gasteiger partial charge in [-0.1, -0.05) is 31.9 Å². The van der Waals surface area contributed by atoms with Gasteiger partial charge in [-0.05, 0) is 31.9 Å². The standard InChI is InChI=1S/C18H26O4/c1-3-5-6-7-15(19)10-8-14-9-12-17(20)16(14)11-13-18(21)22-4-2/h8-10,12,14,16H,3-7,11,13H2,1-2H3. The minimum Gasteiger partial charge on any atom is -0.466 e. The fourth-order valence-corrected chi connectivity index (χ4v) is 2.54. The normalized spacial score (nSPS) is 20.7. The molecule has 1 aliphatic rings. The van der Waals surface area contributed by atoms with Gasteiger partial charge in [-0.15, -0.1) is 0 Å². The number of hydrogen-bond acceptors (Lipinski definition) is 4. The molecule has 0 saturated heterocycles. The van der Waals surface area contributed by atoms with Gasteiger partial charge in [0.1, 0.15) is 0 Å². The first-order valence-electron chi connectivity index (χ1n) is 8.17. The van der Waals surface area contributed by atoms with Crippen molar-refractivity contribution in [1.29, 1.82) is 0 Å². The van der Waals surface area contributed by atoms with Crippen LogP contribution in [0.15, 0.2) is 24.3 Å². The fourth-order valence-electron chi connectivity index (χ4n) is 2.54. The second-order valence-corrected chi connectivity index (χ2v) is 5.57. The first kappa shape index (κ1) is 18.3. The van der Waals surface area contributed by atoms with E-state index in [1.807, 2.05) is 6.08 Å². The number of hydrogen-bond donors (Lipinski definition) is 0. The van der Waals surface area contributed by atoms with E-state index in [2.05, 4.69) is 6.92 Å². The van der Waals surface area contributed by atoms with E-state index < -0.39 is 0 Å². The highest BCUT2D eigenvalue weighted by Crippen LogP contribution is 2.28. The van der Waals surface area contributed by atoms with Crippen LogP contribution in [0.1, 0.15) is 52.4 Å². The van der Waals surface area contributed by atoms with E-state index in [0.29, 0.717) is 19.4 Å². The summed E-state index contributed by atoms with van der Waals surface area (Å²) in [6.45, 7) is 4.21. The molecule has 0 saturated carbocycles. The Kier molecular flexibility index (Phi) is 8.41. The zero-order valence-electron chi connectivity index (χ0n) is 13.5. The van der Waals surface area contributed by atoms with E-state index in [4.69, 9.17) is 4.74 Å². The number of allylic oxidation sites excluding steroid dienone is 4. The Morgan fingerprint density at radius 1 is 1.23 bits per heavy atom. The van der Waals surface area contributed by atoms with E-state index >= 15 is 0 Å². The summed E-state index contributed by atoms with van der Waals surface area (Å²) in [7, 11) is 0. The molecule has 1 rings (SSSR count). The van der Waals surface area contributed by atoms with Crippen molar-refractivity contribution in [2.24, 2.45) is 11.8 Å². The summed E-state index contributed by atoms with van der Waals surface area (Å²) in [6.07, 6.45) is 11.1. The molecule has 122 valence electrons. The Labute approximate surface area is 132 Å². The van der Waals surface area contributed by atoms with Crippen molar-refractivity contribution in [2.75, 3.05) is 6.61 Å². The SMILES string of the molecule is CCCCCC(=O)C=CC1C=CC(=O)C1CCC(=O)OCC. The number of unbranched alkanes of at least 4 members (excludes halogenated alkanes) is 2. The van der Waals surface area contributed by atoms with Crippen molar-refractivity contribution >= 4 is 17.5 Å². The van der Waals surface area contributed by atoms with Gasteiger partial charge in [0.25, 0.3) is 0 Å². The average molecular weight is 306 g/mol. The maximum absolute atomic E-state index is 11.9. The Morgan fingerprint density at radius 2 is 2.00 bits per heavy atom. The molecule has 0 fully saturated rings. The monoisotopic (exact) mass is 306 g/mol. The average Bonchev–Trinajstić information content (AvgIpc) is 2.84. The lowest BCUT2D eigenvalue weighted by atomic mass is 9.89. The van der Waals surface area contributed by atoms with Gasteiger partial charge in [0, 0.05) is 24.7 Å². The van der Waals surface area contributed by atoms with E-state index in [1.54, 1.807) is 25.2 Å². The predicted octanol–water partition coefficient (Wildman–Crippen LogP) is 3.41. The molecule has 0 heterocycles. The summed E-state index contributed by atoms with van der Waals surface area (Å²) in [6, 6.07) is 0. The second kappa shape index (κ2) is 10.1. The highest BCUT2D eigenvalue weighted by Gasteiger charge is 2.28. The molecular weight excluding hydrogens is 280 g/mol. The number of ether oxygens (including phenoxy) is 1. The van der Waals surface area contributed by atoms with Crippen LogP contribution in [0.5, 0.6) is 0 Å². The predicted molar refractivity (Wildman–Crippen MR) is 85.3 cm³/mol. The highest BCUT2D eigenvalue weighted by atomic mass is 16.5. The summed E-state index contributed by atoms with van der Waals surface area (Å²) in [5.41, 5.74) is 0. The summed E-state index contributed by atoms with van der Waals surface area (Å²) < 4.78 is 4.88. The molecule has 0 bridgehead atoms. The molecule has 0 aliphatic heterocycles. The van der Waals surface area contributed by atoms with Gasteiger partial charge in [0.15, 0.2) is 11.6 Å². The summed E-state index contributed by atoms with van der Waals surface area (Å²) in [5, 5.41) is 0. The topological polar surface area (TPSA) is 60.4 Å². The first-order chi connectivity index (χ1) is 10.6. The lowest BCUT2D eigenvalue weighted by Crippen LogP contribution is -2.17. The van der Waals surface area contributed by atoms with Crippen molar-refractivity contribution in [3.8, 4) is 0 Å². The van der Waals surface area contributed by atoms with Crippen molar-refractivity contribution in [3.63, 3.8) is 0 Å². The minimum atomic E-state index is -0.277. The number of ketones is 2. The Balaban J connectivity index is 2.46. The summed E-state index contributed by atoms with van der Waals surface area (Å²) >= 11 is 0. The highest BCUT2D eigenvalue weighted by molar-refractivity contribution is 5.95. The van der Waals surface area contributed by atoms with Crippen LogP contribution in [0.25, 0.3) is 0 Å². The van der Waals surface area contributed by atoms with Crippen molar-refractivity contribution in [2.45, 2.75) is 52.4 Å². The van der Waals surface area contributed by atoms with Gasteiger partial charge in [0.2, 0.25) is 0 Å². The van der Waals surface area contributed by atoms with Crippen LogP contribution in [-0.2, 0) is 19.1 Å². The summed E-state index contributed by atoms with van der Waals surface area (Å²) in [4.78, 5) is 35.0. The molecule has 2 atom stereocenters. The smallest absolute Gasteiger partial charge is 0.305 e. The molecule has 0 aromatic heterocycles. The van der Waals surface area contributed by atoms with Crippen molar-refractivity contribution in [1.82, 2.24) is 0 Å². The van der Waals surface area contributed by atoms with Crippen LogP contribution in [0.3, 0.4) is 0 Å². The van der Waals surface area contributed by atoms with Gasteiger partial charge in [-0.2, -0.15) is 0 Å². The zero-order valence-corrected chi connectivity index (χ0v) is 13.5. The van der Waals surface area contributed by atoms with Gasteiger partial charge in [-0.3, -0.25) is 14.4 Å². The van der Waals surface area contributed by atoms with Gasteiger partial charge >= 0.3 is 5.97 Å². The molecule has 4 nitrogen and oxygen atoms in total. The molecule has 1 aliphatic carbocycles. The summed E-state index contributed by atoms with van der Waals surface area (Å²) in [5.74, 6) is -0.482. The largest absolute Gasteiger partial charge is 0.466 e. The molecule has 22 heavy (non-hydrogen) atoms. The fraction of sp³-hybridized carbons (Fsp3) is 0.611. The van der Waals surface area contributed by atoms with E-state index in [-0.39, 0.29) is 35.8 Å². The molecule has 4 heteroatoms. The Bertz CT molecular complexity index is 448. The van der Waals surface area contributed by atoms with E-state index in [1.165, 1.54) is 0 Å². The third kappa shape index (κ3) is 6.37. The lowest BCUT2D eigenvalue weighted by Gasteiger charge is -2.14. The van der Waals surface area contributed by atoms with E-state index in [9.17, 15) is 14.4 Å². The molecule has 0 aromatic rings. The Hall–Kier alpha value is -1.71. The third-order valence-electron chi connectivity index (χ3n) is 3.81. The maximum Gasteiger partial charge on any atom is 0.305 e. The molecule has 0 radical (unpaired) electrons. The molecular formula is C18H26O4. The minimum absolute atomic E-state index is 0.0254. The lowest BCUT2D eigenvalue weighted by molar-refractivity contribution is -0.143. The van der Waals surface area contributed by atoms with Gasteiger partial charge in [-0.25, -0.2) is 0 Å². The number of rotatable bonds is 10. The second-order valence-electron chi connectivity index (χ2n) is 5.57. The van der Waals surface area contributed by atoms with Crippen LogP contribution in [-0.4, -0.2) is 24.1 Å². The quantitative estimate of drug-likeness (QED) is 0.352. The third-order valence-corrected chi connectivity index (χ3v) is 3.81. The number of esters is 1. The van der Waals surface area contributed by atoms with Crippen LogP contribution in [0.4, 0.5) is 0 Å². The zero-order chi connectivity index (χ0) is 16.4. The molecule has 0 N–H and O–H groups in total. The maximum atomic E-state index is 11.9. The van der Waals surface area contributed by atoms with Crippen LogP contribution in [0, 0.1) is 11.8 Å². The molecule has 2 unspecified atom stereocenters. The molecule has 0 aromatic carbocycles. The van der Waals surface area contributed by atoms with Gasteiger partial charge in [0.05, 0.1) is 6.61 Å². The Morgan fingerprint density at radius 3 is 2.68 bits per heavy atom. The van der Waals surface area contributed by atoms with E-state index in [0.717, 1.165) is 19.3 Å². The number of carbonyl (C=O) groups excluding carboxylic acids is 3. The van der Waals surface area contributed by atoms with Gasteiger partial charge < -0.3 is 4.74 Å². The van der Waals surface area contributed by atoms with Crippen LogP contribution in [0.2, 0.25) is 0 Å². The number of carbonyl (C=O) groups is 3.